The molecule has 2 aliphatic carbocycles. The molecule has 4 aliphatic rings. The van der Waals surface area contributed by atoms with E-state index < -0.39 is 11.4 Å². The molecule has 5 heteroatoms. The van der Waals surface area contributed by atoms with Crippen LogP contribution in [-0.4, -0.2) is 41.3 Å². The van der Waals surface area contributed by atoms with Crippen LogP contribution >= 0.6 is 0 Å². The van der Waals surface area contributed by atoms with Gasteiger partial charge in [-0.05, 0) is 76.0 Å². The number of carbonyl (C=O) groups is 1. The molecule has 0 bridgehead atoms. The molecule has 0 amide bonds. The third kappa shape index (κ3) is 3.05. The Balaban J connectivity index is 1.50. The monoisotopic (exact) mass is 380 g/mol. The van der Waals surface area contributed by atoms with Crippen molar-refractivity contribution in [1.82, 2.24) is 0 Å². The molecule has 2 heterocycles. The van der Waals surface area contributed by atoms with Gasteiger partial charge >= 0.3 is 5.97 Å². The molecular formula is C22H36O5. The average Bonchev–Trinajstić information content (AvgIpc) is 3.05. The number of hydrogen-bond acceptors (Lipinski definition) is 5. The minimum Gasteiger partial charge on any atom is -0.463 e. The first-order chi connectivity index (χ1) is 12.6. The largest absolute Gasteiger partial charge is 0.463 e. The van der Waals surface area contributed by atoms with Crippen molar-refractivity contribution in [3.8, 4) is 0 Å². The summed E-state index contributed by atoms with van der Waals surface area (Å²) in [5, 5.41) is 10.5. The predicted molar refractivity (Wildman–Crippen MR) is 101 cm³/mol. The Morgan fingerprint density at radius 3 is 2.67 bits per heavy atom. The lowest BCUT2D eigenvalue weighted by molar-refractivity contribution is -0.189. The third-order valence-corrected chi connectivity index (χ3v) is 8.20. The van der Waals surface area contributed by atoms with Crippen molar-refractivity contribution in [1.29, 1.82) is 0 Å². The Hall–Kier alpha value is -0.650. The fourth-order valence-electron chi connectivity index (χ4n) is 7.09. The summed E-state index contributed by atoms with van der Waals surface area (Å²) in [6.07, 6.45) is 6.22. The van der Waals surface area contributed by atoms with Crippen molar-refractivity contribution in [2.45, 2.75) is 96.7 Å². The van der Waals surface area contributed by atoms with E-state index in [-0.39, 0.29) is 29.5 Å². The number of hydrogen-bond donors (Lipinski definition) is 1. The molecule has 27 heavy (non-hydrogen) atoms. The number of aliphatic hydroxyl groups is 1. The van der Waals surface area contributed by atoms with Crippen molar-refractivity contribution >= 4 is 5.97 Å². The summed E-state index contributed by atoms with van der Waals surface area (Å²) >= 11 is 0. The molecule has 0 radical (unpaired) electrons. The van der Waals surface area contributed by atoms with Gasteiger partial charge in [0.25, 0.3) is 0 Å². The Labute approximate surface area is 163 Å². The van der Waals surface area contributed by atoms with Gasteiger partial charge < -0.3 is 19.3 Å². The van der Waals surface area contributed by atoms with Gasteiger partial charge in [0.2, 0.25) is 0 Å². The summed E-state index contributed by atoms with van der Waals surface area (Å²) < 4.78 is 17.7. The maximum Gasteiger partial charge on any atom is 0.341 e. The minimum atomic E-state index is -1.00. The van der Waals surface area contributed by atoms with E-state index >= 15 is 0 Å². The topological polar surface area (TPSA) is 65.0 Å². The Bertz CT molecular complexity index is 604. The van der Waals surface area contributed by atoms with Crippen molar-refractivity contribution in [2.24, 2.45) is 29.1 Å². The predicted octanol–water partition coefficient (Wildman–Crippen LogP) is 3.67. The second kappa shape index (κ2) is 6.43. The van der Waals surface area contributed by atoms with Crippen LogP contribution in [0.5, 0.6) is 0 Å². The van der Waals surface area contributed by atoms with E-state index in [9.17, 15) is 9.90 Å². The summed E-state index contributed by atoms with van der Waals surface area (Å²) in [6, 6.07) is 0. The molecule has 154 valence electrons. The van der Waals surface area contributed by atoms with Gasteiger partial charge in [-0.1, -0.05) is 20.3 Å². The van der Waals surface area contributed by atoms with E-state index in [0.29, 0.717) is 24.4 Å². The highest BCUT2D eigenvalue weighted by Gasteiger charge is 2.61. The van der Waals surface area contributed by atoms with E-state index in [4.69, 9.17) is 14.2 Å². The van der Waals surface area contributed by atoms with Crippen LogP contribution in [0, 0.1) is 29.1 Å². The van der Waals surface area contributed by atoms with Crippen molar-refractivity contribution in [3.05, 3.63) is 0 Å². The van der Waals surface area contributed by atoms with Crippen LogP contribution < -0.4 is 0 Å². The van der Waals surface area contributed by atoms with Gasteiger partial charge in [-0.3, -0.25) is 0 Å². The van der Waals surface area contributed by atoms with Gasteiger partial charge in [-0.2, -0.15) is 0 Å². The van der Waals surface area contributed by atoms with Crippen LogP contribution in [0.2, 0.25) is 0 Å². The quantitative estimate of drug-likeness (QED) is 0.757. The van der Waals surface area contributed by atoms with Crippen LogP contribution in [-0.2, 0) is 19.0 Å². The molecule has 0 spiro atoms. The number of esters is 1. The van der Waals surface area contributed by atoms with E-state index in [1.54, 1.807) is 0 Å². The van der Waals surface area contributed by atoms with Crippen molar-refractivity contribution < 1.29 is 24.1 Å². The molecule has 0 aromatic heterocycles. The fourth-order valence-corrected chi connectivity index (χ4v) is 7.09. The Morgan fingerprint density at radius 2 is 1.93 bits per heavy atom. The van der Waals surface area contributed by atoms with E-state index in [1.807, 2.05) is 20.8 Å². The molecule has 0 aromatic rings. The number of rotatable bonds is 3. The van der Waals surface area contributed by atoms with Gasteiger partial charge in [0.1, 0.15) is 6.10 Å². The van der Waals surface area contributed by atoms with Gasteiger partial charge in [0.15, 0.2) is 11.4 Å². The number of ether oxygens (including phenoxy) is 3. The van der Waals surface area contributed by atoms with Crippen molar-refractivity contribution in [3.63, 3.8) is 0 Å². The standard InChI is InChI=1S/C22H36O5/c1-13(15-8-9-16-17(23)7-6-10-21(15,16)4)11-14-12-25-19(24)22(5)18(14)26-20(2,3)27-22/h13-18,23H,6-12H2,1-5H3/t13-,14-,15-,16?,17+,18-,21-,22-/m1/s1. The smallest absolute Gasteiger partial charge is 0.341 e. The Morgan fingerprint density at radius 1 is 1.19 bits per heavy atom. The van der Waals surface area contributed by atoms with Crippen LogP contribution in [0.1, 0.15) is 73.1 Å². The fraction of sp³-hybridized carbons (Fsp3) is 0.955. The highest BCUT2D eigenvalue weighted by molar-refractivity contribution is 5.81. The van der Waals surface area contributed by atoms with Gasteiger partial charge in [-0.15, -0.1) is 0 Å². The second-order valence-electron chi connectivity index (χ2n) is 10.5. The number of cyclic esters (lactones) is 1. The molecule has 5 nitrogen and oxygen atoms in total. The van der Waals surface area contributed by atoms with Gasteiger partial charge in [-0.25, -0.2) is 4.79 Å². The van der Waals surface area contributed by atoms with Gasteiger partial charge in [0.05, 0.1) is 12.7 Å². The van der Waals surface area contributed by atoms with Crippen LogP contribution in [0.25, 0.3) is 0 Å². The van der Waals surface area contributed by atoms with Crippen LogP contribution in [0.15, 0.2) is 0 Å². The first-order valence-corrected chi connectivity index (χ1v) is 10.8. The zero-order valence-electron chi connectivity index (χ0n) is 17.5. The van der Waals surface area contributed by atoms with Gasteiger partial charge in [0, 0.05) is 5.92 Å². The highest BCUT2D eigenvalue weighted by Crippen LogP contribution is 2.58. The number of carbonyl (C=O) groups excluding carboxylic acids is 1. The third-order valence-electron chi connectivity index (χ3n) is 8.20. The van der Waals surface area contributed by atoms with E-state index in [1.165, 1.54) is 12.8 Å². The highest BCUT2D eigenvalue weighted by atomic mass is 16.8. The summed E-state index contributed by atoms with van der Waals surface area (Å²) in [5.41, 5.74) is -0.771. The molecule has 4 fully saturated rings. The normalized spacial score (nSPS) is 50.0. The van der Waals surface area contributed by atoms with Crippen LogP contribution in [0.3, 0.4) is 0 Å². The van der Waals surface area contributed by atoms with E-state index in [2.05, 4.69) is 13.8 Å². The number of fused-ring (bicyclic) bond motifs is 2. The molecule has 2 aliphatic heterocycles. The second-order valence-corrected chi connectivity index (χ2v) is 10.5. The molecule has 2 saturated carbocycles. The number of aliphatic hydroxyl groups excluding tert-OH is 1. The SMILES string of the molecule is C[C@H](C[C@@H]1COC(=O)[C@]2(C)OC(C)(C)O[C@H]12)[C@H]1CCC2[C@@H](O)CCC[C@@]21C. The lowest BCUT2D eigenvalue weighted by atomic mass is 9.61. The first-order valence-electron chi connectivity index (χ1n) is 10.8. The molecule has 8 atom stereocenters. The molecule has 2 saturated heterocycles. The lowest BCUT2D eigenvalue weighted by Gasteiger charge is -2.46. The lowest BCUT2D eigenvalue weighted by Crippen LogP contribution is -2.55. The summed E-state index contributed by atoms with van der Waals surface area (Å²) in [7, 11) is 0. The molecular weight excluding hydrogens is 344 g/mol. The summed E-state index contributed by atoms with van der Waals surface area (Å²) in [6.45, 7) is 10.7. The maximum absolute atomic E-state index is 12.4. The maximum atomic E-state index is 12.4. The Kier molecular flexibility index (Phi) is 4.68. The zero-order valence-corrected chi connectivity index (χ0v) is 17.5. The molecule has 0 aromatic carbocycles. The van der Waals surface area contributed by atoms with E-state index in [0.717, 1.165) is 25.7 Å². The first kappa shape index (κ1) is 19.7. The van der Waals surface area contributed by atoms with Crippen molar-refractivity contribution in [2.75, 3.05) is 6.61 Å². The molecule has 1 N–H and O–H groups in total. The minimum absolute atomic E-state index is 0.132. The zero-order chi connectivity index (χ0) is 19.6. The average molecular weight is 381 g/mol. The van der Waals surface area contributed by atoms with Crippen LogP contribution in [0.4, 0.5) is 0 Å². The summed E-state index contributed by atoms with van der Waals surface area (Å²) in [4.78, 5) is 12.4. The summed E-state index contributed by atoms with van der Waals surface area (Å²) in [5.74, 6) is 0.645. The molecule has 4 rings (SSSR count). The molecule has 1 unspecified atom stereocenters.